The molecule has 0 radical (unpaired) electrons. The Morgan fingerprint density at radius 3 is 2.48 bits per heavy atom. The molecule has 0 bridgehead atoms. The van der Waals surface area contributed by atoms with Gasteiger partial charge >= 0.3 is 18.2 Å². The first kappa shape index (κ1) is 25.0. The molecule has 0 unspecified atom stereocenters. The highest BCUT2D eigenvalue weighted by atomic mass is 19.4. The summed E-state index contributed by atoms with van der Waals surface area (Å²) in [5.41, 5.74) is -1.51. The highest BCUT2D eigenvalue weighted by molar-refractivity contribution is 5.89. The molecule has 2 rings (SSSR count). The molecule has 1 aromatic carbocycles. The van der Waals surface area contributed by atoms with Crippen LogP contribution in [0, 0.1) is 0 Å². The lowest BCUT2D eigenvalue weighted by molar-refractivity contribution is -0.138. The number of hydrogen-bond donors (Lipinski definition) is 0. The number of halogens is 3. The second kappa shape index (κ2) is 9.89. The summed E-state index contributed by atoms with van der Waals surface area (Å²) >= 11 is 0. The monoisotopic (exact) mass is 444 g/mol. The van der Waals surface area contributed by atoms with E-state index >= 15 is 0 Å². The van der Waals surface area contributed by atoms with Crippen molar-refractivity contribution in [1.82, 2.24) is 9.80 Å². The summed E-state index contributed by atoms with van der Waals surface area (Å²) < 4.78 is 51.2. The average molecular weight is 444 g/mol. The number of nitrogens with zero attached hydrogens (tertiary/aromatic N) is 2. The number of alkyl halides is 3. The van der Waals surface area contributed by atoms with Gasteiger partial charge in [-0.05, 0) is 64.8 Å². The van der Waals surface area contributed by atoms with E-state index in [4.69, 9.17) is 9.47 Å². The molecule has 1 aliphatic rings. The van der Waals surface area contributed by atoms with Gasteiger partial charge in [0.2, 0.25) is 0 Å². The van der Waals surface area contributed by atoms with Crippen molar-refractivity contribution in [1.29, 1.82) is 0 Å². The number of piperidine rings is 1. The second-order valence-corrected chi connectivity index (χ2v) is 8.71. The Balaban J connectivity index is 2.16. The van der Waals surface area contributed by atoms with Gasteiger partial charge in [-0.2, -0.15) is 13.2 Å². The van der Waals surface area contributed by atoms with Crippen LogP contribution in [0.1, 0.15) is 62.0 Å². The molecule has 1 saturated heterocycles. The first-order valence-electron chi connectivity index (χ1n) is 10.4. The smallest absolute Gasteiger partial charge is 0.416 e. The minimum atomic E-state index is -4.60. The van der Waals surface area contributed by atoms with Gasteiger partial charge in [0.05, 0.1) is 17.7 Å². The minimum Gasteiger partial charge on any atom is -0.462 e. The van der Waals surface area contributed by atoms with E-state index < -0.39 is 29.4 Å². The van der Waals surface area contributed by atoms with Crippen molar-refractivity contribution < 1.29 is 32.2 Å². The molecule has 0 aromatic heterocycles. The molecule has 1 amide bonds. The first-order chi connectivity index (χ1) is 14.3. The normalized spacial score (nSPS) is 17.9. The fourth-order valence-corrected chi connectivity index (χ4v) is 3.53. The standard InChI is InChI=1S/C22H31F3N2O4/c1-6-30-19(28)15-9-10-16(18(12-15)22(23,24)25)13-27-11-7-8-17(14-27)26(5)20(29)31-21(2,3)4/h9-10,12,17H,6-8,11,13-14H2,1-5H3/t17-/m0/s1. The molecule has 0 N–H and O–H groups in total. The van der Waals surface area contributed by atoms with Crippen molar-refractivity contribution in [3.63, 3.8) is 0 Å². The number of benzene rings is 1. The van der Waals surface area contributed by atoms with Crippen LogP contribution in [0.5, 0.6) is 0 Å². The molecule has 0 aliphatic carbocycles. The number of carbonyl (C=O) groups is 2. The van der Waals surface area contributed by atoms with Crippen molar-refractivity contribution in [3.8, 4) is 0 Å². The minimum absolute atomic E-state index is 0.0661. The van der Waals surface area contributed by atoms with Crippen LogP contribution in [-0.4, -0.2) is 60.2 Å². The number of likely N-dealkylation sites (N-methyl/N-ethyl adjacent to an activating group) is 1. The van der Waals surface area contributed by atoms with Crippen LogP contribution in [0.25, 0.3) is 0 Å². The Morgan fingerprint density at radius 2 is 1.90 bits per heavy atom. The number of likely N-dealkylation sites (tertiary alicyclic amines) is 1. The van der Waals surface area contributed by atoms with E-state index in [1.165, 1.54) is 17.0 Å². The summed E-state index contributed by atoms with van der Waals surface area (Å²) in [7, 11) is 1.65. The molecule has 0 spiro atoms. The summed E-state index contributed by atoms with van der Waals surface area (Å²) in [4.78, 5) is 27.6. The van der Waals surface area contributed by atoms with E-state index in [9.17, 15) is 22.8 Å². The van der Waals surface area contributed by atoms with Crippen LogP contribution < -0.4 is 0 Å². The third-order valence-corrected chi connectivity index (χ3v) is 5.03. The van der Waals surface area contributed by atoms with E-state index in [-0.39, 0.29) is 30.3 Å². The lowest BCUT2D eigenvalue weighted by Crippen LogP contribution is -2.49. The molecule has 1 heterocycles. The quantitative estimate of drug-likeness (QED) is 0.616. The van der Waals surface area contributed by atoms with E-state index in [2.05, 4.69) is 0 Å². The predicted molar refractivity (Wildman–Crippen MR) is 110 cm³/mol. The van der Waals surface area contributed by atoms with Gasteiger partial charge in [0, 0.05) is 26.2 Å². The number of rotatable bonds is 5. The van der Waals surface area contributed by atoms with Crippen molar-refractivity contribution in [2.24, 2.45) is 0 Å². The fraction of sp³-hybridized carbons (Fsp3) is 0.636. The summed E-state index contributed by atoms with van der Waals surface area (Å²) in [5, 5.41) is 0. The molecule has 6 nitrogen and oxygen atoms in total. The number of esters is 1. The Bertz CT molecular complexity index is 790. The predicted octanol–water partition coefficient (Wildman–Crippen LogP) is 4.71. The van der Waals surface area contributed by atoms with Gasteiger partial charge in [0.15, 0.2) is 0 Å². The van der Waals surface area contributed by atoms with Crippen LogP contribution in [0.3, 0.4) is 0 Å². The molecular formula is C22H31F3N2O4. The van der Waals surface area contributed by atoms with Crippen molar-refractivity contribution in [3.05, 3.63) is 34.9 Å². The van der Waals surface area contributed by atoms with Gasteiger partial charge in [0.1, 0.15) is 5.60 Å². The van der Waals surface area contributed by atoms with Crippen LogP contribution in [0.4, 0.5) is 18.0 Å². The molecule has 1 aliphatic heterocycles. The number of ether oxygens (including phenoxy) is 2. The zero-order valence-electron chi connectivity index (χ0n) is 18.7. The zero-order valence-corrected chi connectivity index (χ0v) is 18.7. The van der Waals surface area contributed by atoms with E-state index in [1.54, 1.807) is 34.7 Å². The summed E-state index contributed by atoms with van der Waals surface area (Å²) in [6.07, 6.45) is -3.55. The van der Waals surface area contributed by atoms with Gasteiger partial charge in [-0.15, -0.1) is 0 Å². The Kier molecular flexibility index (Phi) is 7.97. The summed E-state index contributed by atoms with van der Waals surface area (Å²) in [5.74, 6) is -0.781. The van der Waals surface area contributed by atoms with Crippen LogP contribution in [0.2, 0.25) is 0 Å². The highest BCUT2D eigenvalue weighted by Gasteiger charge is 2.35. The van der Waals surface area contributed by atoms with Crippen molar-refractivity contribution in [2.45, 2.75) is 64.9 Å². The first-order valence-corrected chi connectivity index (χ1v) is 10.4. The molecule has 1 aromatic rings. The SMILES string of the molecule is CCOC(=O)c1ccc(CN2CCC[C@H](N(C)C(=O)OC(C)(C)C)C2)c(C(F)(F)F)c1. The molecule has 1 fully saturated rings. The average Bonchev–Trinajstić information content (AvgIpc) is 2.66. The summed E-state index contributed by atoms with van der Waals surface area (Å²) in [6, 6.07) is 3.38. The van der Waals surface area contributed by atoms with Crippen molar-refractivity contribution >= 4 is 12.1 Å². The molecule has 174 valence electrons. The lowest BCUT2D eigenvalue weighted by Gasteiger charge is -2.38. The topological polar surface area (TPSA) is 59.1 Å². The zero-order chi connectivity index (χ0) is 23.4. The van der Waals surface area contributed by atoms with Crippen LogP contribution in [0.15, 0.2) is 18.2 Å². The van der Waals surface area contributed by atoms with Gasteiger partial charge in [-0.25, -0.2) is 9.59 Å². The Morgan fingerprint density at radius 1 is 1.23 bits per heavy atom. The van der Waals surface area contributed by atoms with Crippen LogP contribution >= 0.6 is 0 Å². The number of amides is 1. The van der Waals surface area contributed by atoms with Crippen LogP contribution in [-0.2, 0) is 22.2 Å². The third kappa shape index (κ3) is 7.12. The fourth-order valence-electron chi connectivity index (χ4n) is 3.53. The van der Waals surface area contributed by atoms with Gasteiger partial charge < -0.3 is 14.4 Å². The number of carbonyl (C=O) groups excluding carboxylic acids is 2. The largest absolute Gasteiger partial charge is 0.462 e. The Labute approximate surface area is 181 Å². The highest BCUT2D eigenvalue weighted by Crippen LogP contribution is 2.34. The molecule has 9 heteroatoms. The molecule has 31 heavy (non-hydrogen) atoms. The van der Waals surface area contributed by atoms with E-state index in [0.717, 1.165) is 18.9 Å². The third-order valence-electron chi connectivity index (χ3n) is 5.03. The van der Waals surface area contributed by atoms with Crippen molar-refractivity contribution in [2.75, 3.05) is 26.7 Å². The van der Waals surface area contributed by atoms with Gasteiger partial charge in [0.25, 0.3) is 0 Å². The van der Waals surface area contributed by atoms with Gasteiger partial charge in [-0.1, -0.05) is 6.07 Å². The molecular weight excluding hydrogens is 413 g/mol. The lowest BCUT2D eigenvalue weighted by atomic mass is 10.00. The maximum absolute atomic E-state index is 13.7. The molecule has 0 saturated carbocycles. The molecule has 1 atom stereocenters. The van der Waals surface area contributed by atoms with E-state index in [0.29, 0.717) is 13.1 Å². The van der Waals surface area contributed by atoms with E-state index in [1.807, 2.05) is 4.90 Å². The second-order valence-electron chi connectivity index (χ2n) is 8.71. The number of hydrogen-bond acceptors (Lipinski definition) is 5. The maximum Gasteiger partial charge on any atom is 0.416 e. The Hall–Kier alpha value is -2.29. The maximum atomic E-state index is 13.7. The summed E-state index contributed by atoms with van der Waals surface area (Å²) in [6.45, 7) is 8.15. The van der Waals surface area contributed by atoms with Gasteiger partial charge in [-0.3, -0.25) is 4.90 Å².